The second-order valence-electron chi connectivity index (χ2n) is 7.41. The summed E-state index contributed by atoms with van der Waals surface area (Å²) in [7, 11) is 0. The van der Waals surface area contributed by atoms with Crippen molar-refractivity contribution in [2.75, 3.05) is 12.3 Å². The molecule has 1 atom stereocenters. The van der Waals surface area contributed by atoms with Crippen LogP contribution < -0.4 is 5.32 Å². The van der Waals surface area contributed by atoms with E-state index in [0.29, 0.717) is 39.3 Å². The van der Waals surface area contributed by atoms with Gasteiger partial charge < -0.3 is 10.2 Å². The predicted octanol–water partition coefficient (Wildman–Crippen LogP) is 6.60. The van der Waals surface area contributed by atoms with Gasteiger partial charge in [0.1, 0.15) is 6.04 Å². The Labute approximate surface area is 210 Å². The maximum absolute atomic E-state index is 13.3. The van der Waals surface area contributed by atoms with Crippen molar-refractivity contribution in [2.24, 2.45) is 0 Å². The van der Waals surface area contributed by atoms with Crippen LogP contribution in [0.2, 0.25) is 15.1 Å². The Kier molecular flexibility index (Phi) is 11.7. The third kappa shape index (κ3) is 8.18. The molecule has 1 N–H and O–H groups in total. The van der Waals surface area contributed by atoms with E-state index in [-0.39, 0.29) is 24.1 Å². The zero-order valence-electron chi connectivity index (χ0n) is 18.4. The number of nitrogens with zero attached hydrogens (tertiary/aromatic N) is 1. The van der Waals surface area contributed by atoms with Gasteiger partial charge in [-0.3, -0.25) is 9.59 Å². The summed E-state index contributed by atoms with van der Waals surface area (Å²) in [5, 5.41) is 4.59. The van der Waals surface area contributed by atoms with Crippen LogP contribution in [0.3, 0.4) is 0 Å². The molecule has 0 heterocycles. The fourth-order valence-corrected chi connectivity index (χ4v) is 4.71. The monoisotopic (exact) mass is 514 g/mol. The Bertz CT molecular complexity index is 873. The largest absolute Gasteiger partial charge is 0.354 e. The lowest BCUT2D eigenvalue weighted by molar-refractivity contribution is -0.139. The zero-order valence-corrected chi connectivity index (χ0v) is 21.5. The van der Waals surface area contributed by atoms with Gasteiger partial charge in [0.05, 0.1) is 5.75 Å². The van der Waals surface area contributed by atoms with Crippen molar-refractivity contribution < 1.29 is 9.59 Å². The van der Waals surface area contributed by atoms with Crippen LogP contribution in [0.25, 0.3) is 0 Å². The van der Waals surface area contributed by atoms with E-state index in [0.717, 1.165) is 18.4 Å². The molecule has 0 spiro atoms. The minimum Gasteiger partial charge on any atom is -0.354 e. The fourth-order valence-electron chi connectivity index (χ4n) is 3.20. The minimum absolute atomic E-state index is 0.127. The summed E-state index contributed by atoms with van der Waals surface area (Å²) in [6, 6.07) is 12.2. The van der Waals surface area contributed by atoms with E-state index >= 15 is 0 Å². The van der Waals surface area contributed by atoms with Crippen LogP contribution in [0, 0.1) is 0 Å². The van der Waals surface area contributed by atoms with Gasteiger partial charge in [0.2, 0.25) is 11.8 Å². The molecule has 4 nitrogen and oxygen atoms in total. The lowest BCUT2D eigenvalue weighted by Gasteiger charge is -2.31. The van der Waals surface area contributed by atoms with Crippen LogP contribution in [0.5, 0.6) is 0 Å². The van der Waals surface area contributed by atoms with Crippen molar-refractivity contribution in [1.82, 2.24) is 10.2 Å². The Morgan fingerprint density at radius 2 is 1.69 bits per heavy atom. The third-order valence-electron chi connectivity index (χ3n) is 5.01. The number of rotatable bonds is 12. The van der Waals surface area contributed by atoms with Gasteiger partial charge in [-0.1, -0.05) is 73.3 Å². The standard InChI is InChI=1S/C24H29Cl3N2O2S/c1-3-5-13-28-24(31)22(4-2)29(14-19-20(26)7-6-8-21(19)27)23(30)16-32-15-17-9-11-18(25)12-10-17/h6-12,22H,3-5,13-16H2,1-2H3,(H,28,31)/t22-/m0/s1. The summed E-state index contributed by atoms with van der Waals surface area (Å²) < 4.78 is 0. The second kappa shape index (κ2) is 14.0. The minimum atomic E-state index is -0.595. The lowest BCUT2D eigenvalue weighted by Crippen LogP contribution is -2.49. The van der Waals surface area contributed by atoms with E-state index in [1.807, 2.05) is 31.2 Å². The van der Waals surface area contributed by atoms with Gasteiger partial charge in [0.15, 0.2) is 0 Å². The van der Waals surface area contributed by atoms with Crippen molar-refractivity contribution >= 4 is 58.4 Å². The van der Waals surface area contributed by atoms with Crippen molar-refractivity contribution in [1.29, 1.82) is 0 Å². The summed E-state index contributed by atoms with van der Waals surface area (Å²) in [5.41, 5.74) is 1.73. The number of halogens is 3. The quantitative estimate of drug-likeness (QED) is 0.324. The highest BCUT2D eigenvalue weighted by Crippen LogP contribution is 2.27. The molecule has 0 aromatic heterocycles. The molecule has 0 saturated heterocycles. The van der Waals surface area contributed by atoms with Gasteiger partial charge in [-0.25, -0.2) is 0 Å². The van der Waals surface area contributed by atoms with Crippen molar-refractivity contribution in [3.63, 3.8) is 0 Å². The molecule has 174 valence electrons. The normalized spacial score (nSPS) is 11.8. The van der Waals surface area contributed by atoms with E-state index in [4.69, 9.17) is 34.8 Å². The predicted molar refractivity (Wildman–Crippen MR) is 137 cm³/mol. The van der Waals surface area contributed by atoms with Gasteiger partial charge in [-0.15, -0.1) is 11.8 Å². The molecule has 0 fully saturated rings. The summed E-state index contributed by atoms with van der Waals surface area (Å²) >= 11 is 20.2. The smallest absolute Gasteiger partial charge is 0.242 e. The molecule has 2 aromatic rings. The number of hydrogen-bond acceptors (Lipinski definition) is 3. The summed E-state index contributed by atoms with van der Waals surface area (Å²) in [6.45, 7) is 4.74. The average Bonchev–Trinajstić information content (AvgIpc) is 2.77. The van der Waals surface area contributed by atoms with Gasteiger partial charge in [-0.2, -0.15) is 0 Å². The Hall–Kier alpha value is -1.40. The van der Waals surface area contributed by atoms with E-state index in [2.05, 4.69) is 12.2 Å². The van der Waals surface area contributed by atoms with Crippen molar-refractivity contribution in [3.05, 3.63) is 68.7 Å². The fraction of sp³-hybridized carbons (Fsp3) is 0.417. The van der Waals surface area contributed by atoms with Crippen molar-refractivity contribution in [2.45, 2.75) is 51.4 Å². The SMILES string of the molecule is CCCCNC(=O)[C@H](CC)N(Cc1c(Cl)cccc1Cl)C(=O)CSCc1ccc(Cl)cc1. The van der Waals surface area contributed by atoms with Crippen LogP contribution in [0.4, 0.5) is 0 Å². The maximum atomic E-state index is 13.3. The summed E-state index contributed by atoms with van der Waals surface area (Å²) in [6.07, 6.45) is 2.37. The highest BCUT2D eigenvalue weighted by Gasteiger charge is 2.29. The molecule has 2 rings (SSSR count). The van der Waals surface area contributed by atoms with Crippen LogP contribution in [0.1, 0.15) is 44.2 Å². The molecule has 2 amide bonds. The zero-order chi connectivity index (χ0) is 23.5. The first kappa shape index (κ1) is 26.8. The number of hydrogen-bond donors (Lipinski definition) is 1. The van der Waals surface area contributed by atoms with Gasteiger partial charge >= 0.3 is 0 Å². The topological polar surface area (TPSA) is 49.4 Å². The Balaban J connectivity index is 2.16. The molecule has 0 aliphatic heterocycles. The molecular weight excluding hydrogens is 487 g/mol. The molecule has 32 heavy (non-hydrogen) atoms. The first-order chi connectivity index (χ1) is 15.4. The molecule has 2 aromatic carbocycles. The van der Waals surface area contributed by atoms with E-state index < -0.39 is 6.04 Å². The number of benzene rings is 2. The molecule has 0 aliphatic carbocycles. The third-order valence-corrected chi connectivity index (χ3v) is 6.96. The van der Waals surface area contributed by atoms with Gasteiger partial charge in [0.25, 0.3) is 0 Å². The molecule has 0 aliphatic rings. The van der Waals surface area contributed by atoms with E-state index in [1.54, 1.807) is 23.1 Å². The Morgan fingerprint density at radius 3 is 2.28 bits per heavy atom. The van der Waals surface area contributed by atoms with E-state index in [1.165, 1.54) is 11.8 Å². The summed E-state index contributed by atoms with van der Waals surface area (Å²) in [5.74, 6) is 0.629. The maximum Gasteiger partial charge on any atom is 0.242 e. The van der Waals surface area contributed by atoms with E-state index in [9.17, 15) is 9.59 Å². The average molecular weight is 516 g/mol. The molecular formula is C24H29Cl3N2O2S. The van der Waals surface area contributed by atoms with Crippen LogP contribution in [0.15, 0.2) is 42.5 Å². The number of carbonyl (C=O) groups is 2. The number of amides is 2. The van der Waals surface area contributed by atoms with Crippen LogP contribution in [-0.4, -0.2) is 35.1 Å². The number of nitrogens with one attached hydrogen (secondary N) is 1. The number of thioether (sulfide) groups is 1. The lowest BCUT2D eigenvalue weighted by atomic mass is 10.1. The molecule has 8 heteroatoms. The second-order valence-corrected chi connectivity index (χ2v) is 9.65. The molecule has 0 radical (unpaired) electrons. The molecule has 0 bridgehead atoms. The van der Waals surface area contributed by atoms with Crippen LogP contribution >= 0.6 is 46.6 Å². The highest BCUT2D eigenvalue weighted by atomic mass is 35.5. The van der Waals surface area contributed by atoms with Crippen molar-refractivity contribution in [3.8, 4) is 0 Å². The number of unbranched alkanes of at least 4 members (excludes halogenated alkanes) is 1. The first-order valence-electron chi connectivity index (χ1n) is 10.7. The highest BCUT2D eigenvalue weighted by molar-refractivity contribution is 7.99. The molecule has 0 saturated carbocycles. The van der Waals surface area contributed by atoms with Crippen LogP contribution in [-0.2, 0) is 21.9 Å². The molecule has 0 unspecified atom stereocenters. The van der Waals surface area contributed by atoms with Gasteiger partial charge in [0, 0.05) is 39.5 Å². The Morgan fingerprint density at radius 1 is 1.03 bits per heavy atom. The van der Waals surface area contributed by atoms with Gasteiger partial charge in [-0.05, 0) is 42.7 Å². The first-order valence-corrected chi connectivity index (χ1v) is 13.0. The summed E-state index contributed by atoms with van der Waals surface area (Å²) in [4.78, 5) is 27.8. The number of carbonyl (C=O) groups excluding carboxylic acids is 2.